The molecule has 0 amide bonds. The van der Waals surface area contributed by atoms with Gasteiger partial charge in [-0.15, -0.1) is 0 Å². The van der Waals surface area contributed by atoms with E-state index < -0.39 is 15.1 Å². The number of methoxy groups -OCH3 is 1. The molecule has 1 atom stereocenters. The number of benzene rings is 1. The number of rotatable bonds is 4. The zero-order valence-electron chi connectivity index (χ0n) is 11.5. The number of nitrogen functional groups attached to an aromatic ring is 1. The molecular formula is C13H16N2O4S. The van der Waals surface area contributed by atoms with Gasteiger partial charge in [-0.2, -0.15) is 0 Å². The van der Waals surface area contributed by atoms with Gasteiger partial charge in [0.25, 0.3) is 0 Å². The van der Waals surface area contributed by atoms with Gasteiger partial charge in [0.1, 0.15) is 11.0 Å². The topological polar surface area (TPSA) is 95.4 Å². The van der Waals surface area contributed by atoms with Gasteiger partial charge in [0.05, 0.1) is 12.7 Å². The molecule has 0 aliphatic rings. The number of hydrogen-bond acceptors (Lipinski definition) is 6. The van der Waals surface area contributed by atoms with Crippen LogP contribution >= 0.6 is 0 Å². The van der Waals surface area contributed by atoms with Crippen LogP contribution in [0.4, 0.5) is 5.82 Å². The average molecular weight is 296 g/mol. The van der Waals surface area contributed by atoms with E-state index in [4.69, 9.17) is 15.0 Å². The fourth-order valence-electron chi connectivity index (χ4n) is 1.86. The third-order valence-electron chi connectivity index (χ3n) is 3.11. The lowest BCUT2D eigenvalue weighted by molar-refractivity contribution is 0.385. The van der Waals surface area contributed by atoms with Crippen molar-refractivity contribution in [2.45, 2.75) is 12.2 Å². The van der Waals surface area contributed by atoms with E-state index in [0.717, 1.165) is 6.26 Å². The van der Waals surface area contributed by atoms with Crippen LogP contribution in [0.15, 0.2) is 28.8 Å². The van der Waals surface area contributed by atoms with Gasteiger partial charge in [0.2, 0.25) is 0 Å². The van der Waals surface area contributed by atoms with E-state index in [-0.39, 0.29) is 11.6 Å². The highest BCUT2D eigenvalue weighted by atomic mass is 32.2. The first kappa shape index (κ1) is 14.4. The number of nitrogens with two attached hydrogens (primary N) is 1. The maximum absolute atomic E-state index is 11.7. The highest BCUT2D eigenvalue weighted by molar-refractivity contribution is 7.90. The molecule has 1 unspecified atom stereocenters. The second-order valence-electron chi connectivity index (χ2n) is 4.51. The molecule has 20 heavy (non-hydrogen) atoms. The quantitative estimate of drug-likeness (QED) is 0.927. The summed E-state index contributed by atoms with van der Waals surface area (Å²) in [6.07, 6.45) is 1.14. The summed E-state index contributed by atoms with van der Waals surface area (Å²) >= 11 is 0. The van der Waals surface area contributed by atoms with Gasteiger partial charge in [-0.1, -0.05) is 17.3 Å². The van der Waals surface area contributed by atoms with E-state index in [1.807, 2.05) is 0 Å². The summed E-state index contributed by atoms with van der Waals surface area (Å²) in [5.74, 6) is 1.03. The van der Waals surface area contributed by atoms with Crippen molar-refractivity contribution < 1.29 is 17.7 Å². The van der Waals surface area contributed by atoms with Gasteiger partial charge in [-0.3, -0.25) is 0 Å². The second kappa shape index (κ2) is 5.16. The molecule has 1 aromatic carbocycles. The molecule has 0 spiro atoms. The Bertz CT molecular complexity index is 722. The number of sulfone groups is 1. The highest BCUT2D eigenvalue weighted by Crippen LogP contribution is 2.37. The number of hydrogen-bond donors (Lipinski definition) is 1. The van der Waals surface area contributed by atoms with Crippen LogP contribution in [0.5, 0.6) is 5.75 Å². The van der Waals surface area contributed by atoms with Crippen molar-refractivity contribution in [2.24, 2.45) is 0 Å². The van der Waals surface area contributed by atoms with Crippen LogP contribution in [0.1, 0.15) is 17.9 Å². The predicted octanol–water partition coefficient (Wildman–Crippen LogP) is 2.04. The summed E-state index contributed by atoms with van der Waals surface area (Å²) in [6, 6.07) is 7.12. The van der Waals surface area contributed by atoms with Crippen LogP contribution in [-0.2, 0) is 9.84 Å². The van der Waals surface area contributed by atoms with Gasteiger partial charge in [-0.25, -0.2) is 8.42 Å². The van der Waals surface area contributed by atoms with Crippen LogP contribution in [-0.4, -0.2) is 26.9 Å². The van der Waals surface area contributed by atoms with Gasteiger partial charge < -0.3 is 15.0 Å². The van der Waals surface area contributed by atoms with E-state index in [9.17, 15) is 8.42 Å². The van der Waals surface area contributed by atoms with Crippen molar-refractivity contribution in [3.63, 3.8) is 0 Å². The number of nitrogens with zero attached hydrogens (tertiary/aromatic N) is 1. The first-order valence-corrected chi connectivity index (χ1v) is 7.88. The summed E-state index contributed by atoms with van der Waals surface area (Å²) in [4.78, 5) is 0. The molecule has 2 N–H and O–H groups in total. The fraction of sp³-hybridized carbons (Fsp3) is 0.308. The zero-order valence-corrected chi connectivity index (χ0v) is 12.3. The molecule has 0 fully saturated rings. The molecule has 1 aromatic heterocycles. The molecule has 2 aromatic rings. The van der Waals surface area contributed by atoms with Crippen LogP contribution < -0.4 is 10.5 Å². The molecule has 6 nitrogen and oxygen atoms in total. The van der Waals surface area contributed by atoms with Gasteiger partial charge in [-0.05, 0) is 24.6 Å². The third kappa shape index (κ3) is 2.62. The first-order valence-electron chi connectivity index (χ1n) is 5.93. The Morgan fingerprint density at radius 1 is 1.40 bits per heavy atom. The number of aromatic nitrogens is 1. The van der Waals surface area contributed by atoms with Crippen molar-refractivity contribution in [1.29, 1.82) is 0 Å². The van der Waals surface area contributed by atoms with E-state index in [1.54, 1.807) is 38.3 Å². The maximum Gasteiger partial charge on any atom is 0.175 e. The van der Waals surface area contributed by atoms with Crippen LogP contribution in [0.2, 0.25) is 0 Å². The van der Waals surface area contributed by atoms with E-state index in [0.29, 0.717) is 16.9 Å². The Kier molecular flexibility index (Phi) is 3.71. The van der Waals surface area contributed by atoms with Crippen molar-refractivity contribution in [2.75, 3.05) is 19.1 Å². The number of ether oxygens (including phenoxy) is 1. The molecule has 0 saturated carbocycles. The molecule has 0 bridgehead atoms. The Morgan fingerprint density at radius 2 is 2.10 bits per heavy atom. The summed E-state index contributed by atoms with van der Waals surface area (Å²) in [5.41, 5.74) is 7.00. The van der Waals surface area contributed by atoms with Gasteiger partial charge >= 0.3 is 0 Å². The SMILES string of the molecule is COc1cccc(-c2c(N)noc2C(C)S(C)(=O)=O)c1. The minimum Gasteiger partial charge on any atom is -0.497 e. The van der Waals surface area contributed by atoms with Gasteiger partial charge in [0, 0.05) is 6.26 Å². The summed E-state index contributed by atoms with van der Waals surface area (Å²) in [5, 5.41) is 2.86. The summed E-state index contributed by atoms with van der Waals surface area (Å²) < 4.78 is 33.7. The normalized spacial score (nSPS) is 13.2. The van der Waals surface area contributed by atoms with Crippen LogP contribution in [0.25, 0.3) is 11.1 Å². The largest absolute Gasteiger partial charge is 0.497 e. The Balaban J connectivity index is 2.60. The molecule has 1 heterocycles. The average Bonchev–Trinajstić information content (AvgIpc) is 2.78. The Morgan fingerprint density at radius 3 is 2.70 bits per heavy atom. The lowest BCUT2D eigenvalue weighted by Gasteiger charge is -2.09. The Labute approximate surface area is 117 Å². The molecule has 0 saturated heterocycles. The van der Waals surface area contributed by atoms with Crippen LogP contribution in [0, 0.1) is 0 Å². The van der Waals surface area contributed by atoms with E-state index in [1.165, 1.54) is 0 Å². The third-order valence-corrected chi connectivity index (χ3v) is 4.61. The lowest BCUT2D eigenvalue weighted by atomic mass is 10.0. The maximum atomic E-state index is 11.7. The van der Waals surface area contributed by atoms with E-state index in [2.05, 4.69) is 5.16 Å². The lowest BCUT2D eigenvalue weighted by Crippen LogP contribution is -2.08. The minimum atomic E-state index is -3.31. The highest BCUT2D eigenvalue weighted by Gasteiger charge is 2.27. The van der Waals surface area contributed by atoms with Crippen molar-refractivity contribution >= 4 is 15.7 Å². The summed E-state index contributed by atoms with van der Waals surface area (Å²) in [7, 11) is -1.76. The monoisotopic (exact) mass is 296 g/mol. The summed E-state index contributed by atoms with van der Waals surface area (Å²) in [6.45, 7) is 1.54. The molecule has 0 aliphatic heterocycles. The van der Waals surface area contributed by atoms with Crippen LogP contribution in [0.3, 0.4) is 0 Å². The van der Waals surface area contributed by atoms with Gasteiger partial charge in [0.15, 0.2) is 21.4 Å². The Hall–Kier alpha value is -2.02. The fourth-order valence-corrected chi connectivity index (χ4v) is 2.41. The molecule has 0 radical (unpaired) electrons. The predicted molar refractivity (Wildman–Crippen MR) is 76.2 cm³/mol. The molecule has 7 heteroatoms. The number of anilines is 1. The molecular weight excluding hydrogens is 280 g/mol. The zero-order chi connectivity index (χ0) is 14.9. The second-order valence-corrected chi connectivity index (χ2v) is 6.88. The van der Waals surface area contributed by atoms with Crippen molar-refractivity contribution in [3.8, 4) is 16.9 Å². The molecule has 108 valence electrons. The molecule has 2 rings (SSSR count). The van der Waals surface area contributed by atoms with Crippen molar-refractivity contribution in [3.05, 3.63) is 30.0 Å². The van der Waals surface area contributed by atoms with Crippen molar-refractivity contribution in [1.82, 2.24) is 5.16 Å². The first-order chi connectivity index (χ1) is 9.34. The van der Waals surface area contributed by atoms with E-state index >= 15 is 0 Å². The molecule has 0 aliphatic carbocycles. The smallest absolute Gasteiger partial charge is 0.175 e. The minimum absolute atomic E-state index is 0.156. The standard InChI is InChI=1S/C13H16N2O4S/c1-8(20(3,16)17)12-11(13(14)15-19-12)9-5-4-6-10(7-9)18-2/h4-8H,1-3H3,(H2,14,15).